The summed E-state index contributed by atoms with van der Waals surface area (Å²) in [7, 11) is 0. The number of aryl methyl sites for hydroxylation is 1. The third kappa shape index (κ3) is 4.07. The molecule has 0 heterocycles. The molecule has 0 fully saturated rings. The van der Waals surface area contributed by atoms with Gasteiger partial charge in [-0.15, -0.1) is 11.8 Å². The number of carbonyl (C=O) groups excluding carboxylic acids is 1. The molecule has 0 saturated heterocycles. The predicted molar refractivity (Wildman–Crippen MR) is 87.1 cm³/mol. The molecule has 0 atom stereocenters. The molecular formula is C17H17F2NOS. The minimum atomic E-state index is -0.863. The van der Waals surface area contributed by atoms with Gasteiger partial charge in [-0.25, -0.2) is 8.78 Å². The maximum Gasteiger partial charge on any atom is 0.234 e. The Morgan fingerprint density at radius 2 is 1.86 bits per heavy atom. The van der Waals surface area contributed by atoms with E-state index in [9.17, 15) is 13.6 Å². The van der Waals surface area contributed by atoms with E-state index in [0.29, 0.717) is 0 Å². The predicted octanol–water partition coefficient (Wildman–Crippen LogP) is 4.45. The summed E-state index contributed by atoms with van der Waals surface area (Å²) >= 11 is 1.25. The molecule has 0 aliphatic carbocycles. The van der Waals surface area contributed by atoms with E-state index in [1.807, 2.05) is 32.0 Å². The van der Waals surface area contributed by atoms with E-state index in [0.717, 1.165) is 22.9 Å². The summed E-state index contributed by atoms with van der Waals surface area (Å²) in [5, 5.41) is 2.84. The lowest BCUT2D eigenvalue weighted by Crippen LogP contribution is -2.15. The molecule has 0 aliphatic heterocycles. The van der Waals surface area contributed by atoms with Gasteiger partial charge >= 0.3 is 0 Å². The molecule has 1 N–H and O–H groups in total. The Kier molecular flexibility index (Phi) is 5.55. The van der Waals surface area contributed by atoms with E-state index in [1.54, 1.807) is 0 Å². The second-order valence-corrected chi connectivity index (χ2v) is 5.99. The largest absolute Gasteiger partial charge is 0.325 e. The van der Waals surface area contributed by atoms with Gasteiger partial charge in [0.25, 0.3) is 0 Å². The van der Waals surface area contributed by atoms with Crippen LogP contribution in [0.25, 0.3) is 0 Å². The Morgan fingerprint density at radius 3 is 2.64 bits per heavy atom. The molecule has 2 aromatic rings. The first kappa shape index (κ1) is 16.5. The van der Waals surface area contributed by atoms with Gasteiger partial charge in [-0.2, -0.15) is 0 Å². The number of halogens is 2. The molecule has 2 rings (SSSR count). The smallest absolute Gasteiger partial charge is 0.234 e. The number of rotatable bonds is 5. The zero-order valence-electron chi connectivity index (χ0n) is 12.5. The molecule has 0 aliphatic rings. The lowest BCUT2D eigenvalue weighted by Gasteiger charge is -2.10. The highest BCUT2D eigenvalue weighted by molar-refractivity contribution is 7.99. The van der Waals surface area contributed by atoms with Crippen molar-refractivity contribution in [3.63, 3.8) is 0 Å². The van der Waals surface area contributed by atoms with Gasteiger partial charge in [-0.1, -0.05) is 24.3 Å². The summed E-state index contributed by atoms with van der Waals surface area (Å²) < 4.78 is 26.6. The van der Waals surface area contributed by atoms with Gasteiger partial charge in [-0.05, 0) is 37.1 Å². The fraction of sp³-hybridized carbons (Fsp3) is 0.235. The van der Waals surface area contributed by atoms with Crippen LogP contribution in [0.4, 0.5) is 14.5 Å². The molecule has 0 saturated carbocycles. The number of nitrogens with one attached hydrogen (secondary N) is 1. The fourth-order valence-corrected chi connectivity index (χ4v) is 2.79. The topological polar surface area (TPSA) is 29.1 Å². The van der Waals surface area contributed by atoms with Gasteiger partial charge in [0.2, 0.25) is 5.91 Å². The van der Waals surface area contributed by atoms with E-state index in [-0.39, 0.29) is 23.0 Å². The van der Waals surface area contributed by atoms with Crippen LogP contribution in [0.1, 0.15) is 16.7 Å². The first-order chi connectivity index (χ1) is 10.5. The third-order valence-electron chi connectivity index (χ3n) is 3.40. The quantitative estimate of drug-likeness (QED) is 0.881. The number of anilines is 1. The summed E-state index contributed by atoms with van der Waals surface area (Å²) in [5.74, 6) is -1.42. The van der Waals surface area contributed by atoms with Crippen molar-refractivity contribution >= 4 is 23.4 Å². The second-order valence-electron chi connectivity index (χ2n) is 5.00. The Balaban J connectivity index is 1.88. The van der Waals surface area contributed by atoms with Gasteiger partial charge in [-0.3, -0.25) is 4.79 Å². The van der Waals surface area contributed by atoms with Crippen molar-refractivity contribution in [2.24, 2.45) is 0 Å². The minimum absolute atomic E-state index is 0.157. The number of benzene rings is 2. The number of amides is 1. The Hall–Kier alpha value is -1.88. The fourth-order valence-electron chi connectivity index (χ4n) is 1.99. The molecule has 5 heteroatoms. The highest BCUT2D eigenvalue weighted by atomic mass is 32.2. The lowest BCUT2D eigenvalue weighted by atomic mass is 10.1. The van der Waals surface area contributed by atoms with Crippen LogP contribution in [0.3, 0.4) is 0 Å². The Morgan fingerprint density at radius 1 is 1.14 bits per heavy atom. The lowest BCUT2D eigenvalue weighted by molar-refractivity contribution is -0.113. The van der Waals surface area contributed by atoms with Gasteiger partial charge < -0.3 is 5.32 Å². The normalized spacial score (nSPS) is 10.5. The monoisotopic (exact) mass is 321 g/mol. The molecule has 0 aromatic heterocycles. The number of thioether (sulfide) groups is 1. The van der Waals surface area contributed by atoms with Crippen LogP contribution in [0, 0.1) is 25.5 Å². The zero-order chi connectivity index (χ0) is 16.1. The third-order valence-corrected chi connectivity index (χ3v) is 4.38. The maximum atomic E-state index is 13.5. The maximum absolute atomic E-state index is 13.5. The number of hydrogen-bond acceptors (Lipinski definition) is 2. The summed E-state index contributed by atoms with van der Waals surface area (Å²) in [6.45, 7) is 3.92. The molecule has 0 unspecified atom stereocenters. The van der Waals surface area contributed by atoms with Crippen LogP contribution in [-0.4, -0.2) is 11.7 Å². The molecule has 2 aromatic carbocycles. The minimum Gasteiger partial charge on any atom is -0.325 e. The molecule has 22 heavy (non-hydrogen) atoms. The Bertz CT molecular complexity index is 688. The first-order valence-electron chi connectivity index (χ1n) is 6.85. The van der Waals surface area contributed by atoms with Gasteiger partial charge in [0.15, 0.2) is 11.6 Å². The van der Waals surface area contributed by atoms with Crippen LogP contribution < -0.4 is 5.32 Å². The van der Waals surface area contributed by atoms with Crippen molar-refractivity contribution in [3.05, 3.63) is 64.7 Å². The van der Waals surface area contributed by atoms with E-state index in [4.69, 9.17) is 0 Å². The molecule has 0 bridgehead atoms. The number of hydrogen-bond donors (Lipinski definition) is 1. The van der Waals surface area contributed by atoms with Gasteiger partial charge in [0.05, 0.1) is 5.75 Å². The molecule has 2 nitrogen and oxygen atoms in total. The van der Waals surface area contributed by atoms with Crippen molar-refractivity contribution in [2.75, 3.05) is 11.1 Å². The number of carbonyl (C=O) groups is 1. The van der Waals surface area contributed by atoms with Gasteiger partial charge in [0, 0.05) is 17.0 Å². The average Bonchev–Trinajstić information content (AvgIpc) is 2.48. The van der Waals surface area contributed by atoms with Crippen molar-refractivity contribution < 1.29 is 13.6 Å². The van der Waals surface area contributed by atoms with Crippen LogP contribution in [0.5, 0.6) is 0 Å². The van der Waals surface area contributed by atoms with E-state index < -0.39 is 11.6 Å². The molecular weight excluding hydrogens is 304 g/mol. The van der Waals surface area contributed by atoms with Crippen LogP contribution >= 0.6 is 11.8 Å². The van der Waals surface area contributed by atoms with Crippen molar-refractivity contribution in [3.8, 4) is 0 Å². The molecule has 0 spiro atoms. The summed E-state index contributed by atoms with van der Waals surface area (Å²) in [4.78, 5) is 11.9. The average molecular weight is 321 g/mol. The molecule has 1 amide bonds. The standard InChI is InChI=1S/C17H17F2NOS/c1-11-5-3-8-15(12(11)2)20-16(21)10-22-9-13-6-4-7-14(18)17(13)19/h3-8H,9-10H2,1-2H3,(H,20,21). The van der Waals surface area contributed by atoms with E-state index >= 15 is 0 Å². The summed E-state index contributed by atoms with van der Waals surface area (Å²) in [6, 6.07) is 9.77. The van der Waals surface area contributed by atoms with E-state index in [2.05, 4.69) is 5.32 Å². The summed E-state index contributed by atoms with van der Waals surface area (Å²) in [5.41, 5.74) is 3.18. The molecule has 0 radical (unpaired) electrons. The summed E-state index contributed by atoms with van der Waals surface area (Å²) in [6.07, 6.45) is 0. The van der Waals surface area contributed by atoms with Gasteiger partial charge in [0.1, 0.15) is 0 Å². The Labute approximate surface area is 132 Å². The first-order valence-corrected chi connectivity index (χ1v) is 8.01. The highest BCUT2D eigenvalue weighted by Gasteiger charge is 2.10. The van der Waals surface area contributed by atoms with Crippen molar-refractivity contribution in [2.45, 2.75) is 19.6 Å². The SMILES string of the molecule is Cc1cccc(NC(=O)CSCc2cccc(F)c2F)c1C. The zero-order valence-corrected chi connectivity index (χ0v) is 13.3. The second kappa shape index (κ2) is 7.40. The highest BCUT2D eigenvalue weighted by Crippen LogP contribution is 2.20. The van der Waals surface area contributed by atoms with Crippen molar-refractivity contribution in [1.82, 2.24) is 0 Å². The van der Waals surface area contributed by atoms with E-state index in [1.165, 1.54) is 23.9 Å². The molecule has 116 valence electrons. The van der Waals surface area contributed by atoms with Crippen LogP contribution in [-0.2, 0) is 10.5 Å². The van der Waals surface area contributed by atoms with Crippen LogP contribution in [0.15, 0.2) is 36.4 Å². The van der Waals surface area contributed by atoms with Crippen molar-refractivity contribution in [1.29, 1.82) is 0 Å². The van der Waals surface area contributed by atoms with Crippen LogP contribution in [0.2, 0.25) is 0 Å².